The SMILES string of the molecule is CCCCc1cc(=O)oc2cc(OCC(=O)NCCCO)ccc12. The number of hydrogen-bond acceptors (Lipinski definition) is 5. The zero-order chi connectivity index (χ0) is 17.4. The number of nitrogens with one attached hydrogen (secondary N) is 1. The predicted octanol–water partition coefficient (Wildman–Crippen LogP) is 2.01. The van der Waals surface area contributed by atoms with Crippen molar-refractivity contribution < 1.29 is 19.1 Å². The van der Waals surface area contributed by atoms with Gasteiger partial charge < -0.3 is 19.6 Å². The molecule has 0 saturated heterocycles. The van der Waals surface area contributed by atoms with Gasteiger partial charge in [0.25, 0.3) is 5.91 Å². The summed E-state index contributed by atoms with van der Waals surface area (Å²) in [7, 11) is 0. The Labute approximate surface area is 140 Å². The van der Waals surface area contributed by atoms with Gasteiger partial charge in [-0.15, -0.1) is 0 Å². The van der Waals surface area contributed by atoms with Gasteiger partial charge in [-0.05, 0) is 37.0 Å². The number of aliphatic hydroxyl groups is 1. The van der Waals surface area contributed by atoms with E-state index in [2.05, 4.69) is 12.2 Å². The third-order valence-corrected chi connectivity index (χ3v) is 3.63. The van der Waals surface area contributed by atoms with E-state index in [-0.39, 0.29) is 24.7 Å². The summed E-state index contributed by atoms with van der Waals surface area (Å²) in [6.45, 7) is 2.42. The summed E-state index contributed by atoms with van der Waals surface area (Å²) >= 11 is 0. The molecule has 0 aliphatic heterocycles. The first-order chi connectivity index (χ1) is 11.6. The molecule has 0 bridgehead atoms. The molecule has 1 aromatic carbocycles. The molecule has 0 spiro atoms. The van der Waals surface area contributed by atoms with E-state index in [0.717, 1.165) is 30.2 Å². The number of aliphatic hydroxyl groups excluding tert-OH is 1. The molecule has 0 aliphatic carbocycles. The second kappa shape index (κ2) is 9.08. The van der Waals surface area contributed by atoms with Crippen LogP contribution >= 0.6 is 0 Å². The fraction of sp³-hybridized carbons (Fsp3) is 0.444. The van der Waals surface area contributed by atoms with Crippen molar-refractivity contribution in [2.45, 2.75) is 32.6 Å². The summed E-state index contributed by atoms with van der Waals surface area (Å²) in [5.41, 5.74) is 1.05. The van der Waals surface area contributed by atoms with E-state index < -0.39 is 0 Å². The van der Waals surface area contributed by atoms with Gasteiger partial charge in [0.1, 0.15) is 11.3 Å². The quantitative estimate of drug-likeness (QED) is 0.541. The van der Waals surface area contributed by atoms with E-state index >= 15 is 0 Å². The lowest BCUT2D eigenvalue weighted by atomic mass is 10.0. The molecule has 1 aromatic heterocycles. The minimum Gasteiger partial charge on any atom is -0.484 e. The van der Waals surface area contributed by atoms with Crippen molar-refractivity contribution in [3.8, 4) is 5.75 Å². The first-order valence-electron chi connectivity index (χ1n) is 8.21. The van der Waals surface area contributed by atoms with Crippen molar-refractivity contribution >= 4 is 16.9 Å². The highest BCUT2D eigenvalue weighted by Gasteiger charge is 2.08. The summed E-state index contributed by atoms with van der Waals surface area (Å²) in [6.07, 6.45) is 3.39. The first-order valence-corrected chi connectivity index (χ1v) is 8.21. The Hall–Kier alpha value is -2.34. The molecule has 130 valence electrons. The normalized spacial score (nSPS) is 10.8. The van der Waals surface area contributed by atoms with E-state index in [4.69, 9.17) is 14.3 Å². The molecule has 0 atom stereocenters. The molecular weight excluding hydrogens is 310 g/mol. The number of rotatable bonds is 9. The van der Waals surface area contributed by atoms with E-state index in [0.29, 0.717) is 24.3 Å². The number of fused-ring (bicyclic) bond motifs is 1. The van der Waals surface area contributed by atoms with Crippen molar-refractivity contribution in [2.75, 3.05) is 19.8 Å². The van der Waals surface area contributed by atoms with Crippen molar-refractivity contribution in [3.63, 3.8) is 0 Å². The van der Waals surface area contributed by atoms with Crippen molar-refractivity contribution in [1.29, 1.82) is 0 Å². The zero-order valence-corrected chi connectivity index (χ0v) is 13.8. The van der Waals surface area contributed by atoms with Gasteiger partial charge in [-0.3, -0.25) is 4.79 Å². The first kappa shape index (κ1) is 18.0. The molecule has 2 rings (SSSR count). The number of benzene rings is 1. The van der Waals surface area contributed by atoms with Crippen LogP contribution < -0.4 is 15.7 Å². The molecule has 0 saturated carbocycles. The standard InChI is InChI=1S/C18H23NO5/c1-2-3-5-13-10-18(22)24-16-11-14(6-7-15(13)16)23-12-17(21)19-8-4-9-20/h6-7,10-11,20H,2-5,8-9,12H2,1H3,(H,19,21). The highest BCUT2D eigenvalue weighted by molar-refractivity contribution is 5.82. The van der Waals surface area contributed by atoms with Gasteiger partial charge in [-0.25, -0.2) is 4.79 Å². The molecule has 2 N–H and O–H groups in total. The summed E-state index contributed by atoms with van der Waals surface area (Å²) in [5, 5.41) is 12.2. The van der Waals surface area contributed by atoms with Gasteiger partial charge in [0.15, 0.2) is 6.61 Å². The molecule has 0 fully saturated rings. The van der Waals surface area contributed by atoms with E-state index in [9.17, 15) is 9.59 Å². The average molecular weight is 333 g/mol. The number of ether oxygens (including phenoxy) is 1. The molecular formula is C18H23NO5. The molecule has 1 amide bonds. The van der Waals surface area contributed by atoms with E-state index in [1.807, 2.05) is 6.07 Å². The highest BCUT2D eigenvalue weighted by atomic mass is 16.5. The fourth-order valence-corrected chi connectivity index (χ4v) is 2.38. The van der Waals surface area contributed by atoms with Gasteiger partial charge in [-0.1, -0.05) is 13.3 Å². The number of unbranched alkanes of at least 4 members (excludes halogenated alkanes) is 1. The molecule has 0 aliphatic rings. The van der Waals surface area contributed by atoms with E-state index in [1.54, 1.807) is 12.1 Å². The fourth-order valence-electron chi connectivity index (χ4n) is 2.38. The molecule has 6 nitrogen and oxygen atoms in total. The molecule has 1 heterocycles. The predicted molar refractivity (Wildman–Crippen MR) is 91.3 cm³/mol. The Kier molecular flexibility index (Phi) is 6.81. The molecule has 0 unspecified atom stereocenters. The smallest absolute Gasteiger partial charge is 0.336 e. The number of carbonyl (C=O) groups is 1. The average Bonchev–Trinajstić information content (AvgIpc) is 2.57. The summed E-state index contributed by atoms with van der Waals surface area (Å²) in [5.74, 6) is 0.206. The summed E-state index contributed by atoms with van der Waals surface area (Å²) in [6, 6.07) is 6.78. The maximum Gasteiger partial charge on any atom is 0.336 e. The number of amides is 1. The van der Waals surface area contributed by atoms with Gasteiger partial charge in [-0.2, -0.15) is 0 Å². The van der Waals surface area contributed by atoms with Crippen LogP contribution in [0.4, 0.5) is 0 Å². The van der Waals surface area contributed by atoms with Crippen LogP contribution in [0.15, 0.2) is 33.5 Å². The second-order valence-corrected chi connectivity index (χ2v) is 5.57. The van der Waals surface area contributed by atoms with Crippen LogP contribution in [0.2, 0.25) is 0 Å². The van der Waals surface area contributed by atoms with Gasteiger partial charge in [0, 0.05) is 30.7 Å². The Morgan fingerprint density at radius 3 is 2.88 bits per heavy atom. The van der Waals surface area contributed by atoms with Crippen LogP contribution in [-0.4, -0.2) is 30.8 Å². The van der Waals surface area contributed by atoms with Crippen LogP contribution in [0.25, 0.3) is 11.0 Å². The highest BCUT2D eigenvalue weighted by Crippen LogP contribution is 2.23. The molecule has 6 heteroatoms. The minimum atomic E-state index is -0.382. The van der Waals surface area contributed by atoms with Gasteiger partial charge in [0.05, 0.1) is 0 Å². The Morgan fingerprint density at radius 1 is 1.29 bits per heavy atom. The largest absolute Gasteiger partial charge is 0.484 e. The van der Waals surface area contributed by atoms with Gasteiger partial charge in [0.2, 0.25) is 0 Å². The number of aryl methyl sites for hydroxylation is 1. The van der Waals surface area contributed by atoms with Gasteiger partial charge >= 0.3 is 5.63 Å². The maximum absolute atomic E-state index is 11.7. The Balaban J connectivity index is 2.08. The zero-order valence-electron chi connectivity index (χ0n) is 13.8. The number of hydrogen-bond donors (Lipinski definition) is 2. The second-order valence-electron chi connectivity index (χ2n) is 5.57. The molecule has 24 heavy (non-hydrogen) atoms. The van der Waals surface area contributed by atoms with Crippen molar-refractivity contribution in [1.82, 2.24) is 5.32 Å². The van der Waals surface area contributed by atoms with Crippen LogP contribution in [-0.2, 0) is 11.2 Å². The third kappa shape index (κ3) is 5.09. The summed E-state index contributed by atoms with van der Waals surface area (Å²) in [4.78, 5) is 23.3. The van der Waals surface area contributed by atoms with Crippen LogP contribution in [0.5, 0.6) is 5.75 Å². The number of carbonyl (C=O) groups excluding carboxylic acids is 1. The Bertz CT molecular complexity index is 738. The molecule has 2 aromatic rings. The molecule has 0 radical (unpaired) electrons. The third-order valence-electron chi connectivity index (χ3n) is 3.63. The minimum absolute atomic E-state index is 0.0329. The van der Waals surface area contributed by atoms with Crippen LogP contribution in [0.3, 0.4) is 0 Å². The lowest BCUT2D eigenvalue weighted by Crippen LogP contribution is -2.30. The van der Waals surface area contributed by atoms with Crippen LogP contribution in [0.1, 0.15) is 31.7 Å². The lowest BCUT2D eigenvalue weighted by molar-refractivity contribution is -0.123. The summed E-state index contributed by atoms with van der Waals surface area (Å²) < 4.78 is 10.7. The van der Waals surface area contributed by atoms with Crippen molar-refractivity contribution in [3.05, 3.63) is 40.2 Å². The van der Waals surface area contributed by atoms with Crippen LogP contribution in [0, 0.1) is 0 Å². The topological polar surface area (TPSA) is 88.8 Å². The van der Waals surface area contributed by atoms with Crippen molar-refractivity contribution in [2.24, 2.45) is 0 Å². The van der Waals surface area contributed by atoms with E-state index in [1.165, 1.54) is 6.07 Å². The maximum atomic E-state index is 11.7. The Morgan fingerprint density at radius 2 is 2.12 bits per heavy atom. The lowest BCUT2D eigenvalue weighted by Gasteiger charge is -2.09. The monoisotopic (exact) mass is 333 g/mol.